The minimum Gasteiger partial charge on any atom is -0.396 e. The van der Waals surface area contributed by atoms with Gasteiger partial charge in [0, 0.05) is 36.5 Å². The zero-order chi connectivity index (χ0) is 13.8. The van der Waals surface area contributed by atoms with Crippen molar-refractivity contribution < 1.29 is 10.0 Å². The molecular formula is C13H15N3O3. The average Bonchev–Trinajstić information content (AvgIpc) is 2.43. The Morgan fingerprint density at radius 2 is 2.26 bits per heavy atom. The van der Waals surface area contributed by atoms with E-state index in [4.69, 9.17) is 5.11 Å². The minimum atomic E-state index is -0.435. The van der Waals surface area contributed by atoms with Crippen molar-refractivity contribution in [2.45, 2.75) is 6.92 Å². The lowest BCUT2D eigenvalue weighted by Crippen LogP contribution is -2.14. The molecule has 0 amide bonds. The van der Waals surface area contributed by atoms with Crippen LogP contribution in [0.4, 0.5) is 11.4 Å². The van der Waals surface area contributed by atoms with Crippen LogP contribution in [0.15, 0.2) is 30.5 Å². The number of nitro benzene ring substituents is 1. The fourth-order valence-electron chi connectivity index (χ4n) is 1.81. The molecule has 2 rings (SSSR count). The summed E-state index contributed by atoms with van der Waals surface area (Å²) in [5.74, 6) is 0.113. The zero-order valence-corrected chi connectivity index (χ0v) is 10.5. The monoisotopic (exact) mass is 261 g/mol. The Morgan fingerprint density at radius 1 is 1.47 bits per heavy atom. The normalized spacial score (nSPS) is 12.3. The maximum atomic E-state index is 11.0. The van der Waals surface area contributed by atoms with Gasteiger partial charge < -0.3 is 10.4 Å². The second-order valence-corrected chi connectivity index (χ2v) is 4.46. The predicted molar refractivity (Wildman–Crippen MR) is 73.1 cm³/mol. The van der Waals surface area contributed by atoms with E-state index in [-0.39, 0.29) is 18.2 Å². The number of hydrogen-bond donors (Lipinski definition) is 2. The van der Waals surface area contributed by atoms with Gasteiger partial charge in [-0.15, -0.1) is 0 Å². The molecule has 100 valence electrons. The van der Waals surface area contributed by atoms with E-state index in [0.717, 1.165) is 5.69 Å². The van der Waals surface area contributed by atoms with E-state index in [2.05, 4.69) is 10.3 Å². The topological polar surface area (TPSA) is 88.3 Å². The molecule has 0 radical (unpaired) electrons. The van der Waals surface area contributed by atoms with Crippen LogP contribution in [0, 0.1) is 16.0 Å². The number of non-ortho nitro benzene ring substituents is 1. The van der Waals surface area contributed by atoms with Gasteiger partial charge in [0.15, 0.2) is 0 Å². The lowest BCUT2D eigenvalue weighted by Gasteiger charge is -2.12. The first-order chi connectivity index (χ1) is 9.13. The smallest absolute Gasteiger partial charge is 0.295 e. The van der Waals surface area contributed by atoms with Crippen LogP contribution in [0.25, 0.3) is 10.9 Å². The largest absolute Gasteiger partial charge is 0.396 e. The number of nitrogens with zero attached hydrogens (tertiary/aromatic N) is 2. The van der Waals surface area contributed by atoms with E-state index >= 15 is 0 Å². The van der Waals surface area contributed by atoms with E-state index < -0.39 is 4.92 Å². The zero-order valence-electron chi connectivity index (χ0n) is 10.5. The third-order valence-electron chi connectivity index (χ3n) is 2.90. The Hall–Kier alpha value is -2.21. The molecule has 0 saturated heterocycles. The summed E-state index contributed by atoms with van der Waals surface area (Å²) in [6, 6.07) is 6.65. The van der Waals surface area contributed by atoms with Crippen LogP contribution in [-0.4, -0.2) is 28.2 Å². The number of pyridine rings is 1. The number of hydrogen-bond acceptors (Lipinski definition) is 5. The van der Waals surface area contributed by atoms with Gasteiger partial charge >= 0.3 is 0 Å². The van der Waals surface area contributed by atoms with E-state index in [0.29, 0.717) is 17.4 Å². The van der Waals surface area contributed by atoms with E-state index in [1.165, 1.54) is 12.3 Å². The fraction of sp³-hybridized carbons (Fsp3) is 0.308. The number of nitro groups is 1. The summed E-state index contributed by atoms with van der Waals surface area (Å²) in [6.07, 6.45) is 1.54. The summed E-state index contributed by atoms with van der Waals surface area (Å²) in [5.41, 5.74) is 1.15. The number of fused-ring (bicyclic) bond motifs is 1. The Labute approximate surface area is 110 Å². The SMILES string of the molecule is CC(CO)CNc1ccc([N+](=O)[O-])c2ncccc12. The number of aromatic nitrogens is 1. The highest BCUT2D eigenvalue weighted by atomic mass is 16.6. The van der Waals surface area contributed by atoms with Gasteiger partial charge in [-0.25, -0.2) is 4.98 Å². The molecule has 1 aromatic carbocycles. The van der Waals surface area contributed by atoms with Gasteiger partial charge in [-0.1, -0.05) is 6.92 Å². The first-order valence-electron chi connectivity index (χ1n) is 6.00. The molecule has 1 aromatic heterocycles. The molecule has 6 nitrogen and oxygen atoms in total. The molecule has 1 unspecified atom stereocenters. The van der Waals surface area contributed by atoms with E-state index in [1.54, 1.807) is 18.2 Å². The number of aliphatic hydroxyl groups is 1. The van der Waals surface area contributed by atoms with Gasteiger partial charge in [0.2, 0.25) is 0 Å². The van der Waals surface area contributed by atoms with Gasteiger partial charge in [0.25, 0.3) is 5.69 Å². The molecule has 0 saturated carbocycles. The number of rotatable bonds is 5. The number of nitrogens with one attached hydrogen (secondary N) is 1. The Bertz CT molecular complexity index is 601. The third-order valence-corrected chi connectivity index (χ3v) is 2.90. The molecule has 1 heterocycles. The van der Waals surface area contributed by atoms with E-state index in [1.807, 2.05) is 6.92 Å². The highest BCUT2D eigenvalue weighted by Crippen LogP contribution is 2.29. The first kappa shape index (κ1) is 13.2. The van der Waals surface area contributed by atoms with Crippen molar-refractivity contribution in [3.63, 3.8) is 0 Å². The maximum Gasteiger partial charge on any atom is 0.295 e. The average molecular weight is 261 g/mol. The molecule has 2 N–H and O–H groups in total. The lowest BCUT2D eigenvalue weighted by atomic mass is 10.1. The molecule has 1 atom stereocenters. The first-order valence-corrected chi connectivity index (χ1v) is 6.00. The van der Waals surface area contributed by atoms with Crippen molar-refractivity contribution in [1.29, 1.82) is 0 Å². The molecule has 0 spiro atoms. The second kappa shape index (κ2) is 5.62. The Morgan fingerprint density at radius 3 is 2.95 bits per heavy atom. The van der Waals surface area contributed by atoms with Gasteiger partial charge in [-0.05, 0) is 24.1 Å². The van der Waals surface area contributed by atoms with Gasteiger partial charge in [-0.3, -0.25) is 10.1 Å². The Balaban J connectivity index is 2.41. The van der Waals surface area contributed by atoms with Crippen LogP contribution in [0.3, 0.4) is 0 Å². The number of anilines is 1. The highest BCUT2D eigenvalue weighted by Gasteiger charge is 2.15. The van der Waals surface area contributed by atoms with Crippen LogP contribution in [-0.2, 0) is 0 Å². The standard InChI is InChI=1S/C13H15N3O3/c1-9(8-17)7-15-11-4-5-12(16(18)19)13-10(11)3-2-6-14-13/h2-6,9,15,17H,7-8H2,1H3. The number of aliphatic hydroxyl groups excluding tert-OH is 1. The summed E-state index contributed by atoms with van der Waals surface area (Å²) in [5, 5.41) is 23.8. The minimum absolute atomic E-state index is 0.00337. The molecule has 0 bridgehead atoms. The quantitative estimate of drug-likeness (QED) is 0.636. The van der Waals surface area contributed by atoms with Gasteiger partial charge in [0.1, 0.15) is 5.52 Å². The van der Waals surface area contributed by atoms with Crippen molar-refractivity contribution in [3.05, 3.63) is 40.6 Å². The van der Waals surface area contributed by atoms with Crippen LogP contribution in [0.1, 0.15) is 6.92 Å². The fourth-order valence-corrected chi connectivity index (χ4v) is 1.81. The third kappa shape index (κ3) is 2.79. The molecule has 2 aromatic rings. The maximum absolute atomic E-state index is 11.0. The van der Waals surface area contributed by atoms with Gasteiger partial charge in [0.05, 0.1) is 4.92 Å². The van der Waals surface area contributed by atoms with Crippen molar-refractivity contribution in [2.24, 2.45) is 5.92 Å². The van der Waals surface area contributed by atoms with E-state index in [9.17, 15) is 10.1 Å². The molecule has 19 heavy (non-hydrogen) atoms. The summed E-state index contributed by atoms with van der Waals surface area (Å²) < 4.78 is 0. The molecule has 0 fully saturated rings. The summed E-state index contributed by atoms with van der Waals surface area (Å²) >= 11 is 0. The van der Waals surface area contributed by atoms with Crippen molar-refractivity contribution in [1.82, 2.24) is 4.98 Å². The predicted octanol–water partition coefficient (Wildman–Crippen LogP) is 2.18. The highest BCUT2D eigenvalue weighted by molar-refractivity contribution is 5.96. The van der Waals surface area contributed by atoms with Crippen molar-refractivity contribution in [2.75, 3.05) is 18.5 Å². The second-order valence-electron chi connectivity index (χ2n) is 4.46. The molecular weight excluding hydrogens is 246 g/mol. The Kier molecular flexibility index (Phi) is 3.91. The van der Waals surface area contributed by atoms with Crippen molar-refractivity contribution >= 4 is 22.3 Å². The lowest BCUT2D eigenvalue weighted by molar-refractivity contribution is -0.383. The van der Waals surface area contributed by atoms with Crippen LogP contribution >= 0.6 is 0 Å². The number of benzene rings is 1. The summed E-state index contributed by atoms with van der Waals surface area (Å²) in [7, 11) is 0. The molecule has 6 heteroatoms. The van der Waals surface area contributed by atoms with Crippen LogP contribution in [0.5, 0.6) is 0 Å². The van der Waals surface area contributed by atoms with Crippen LogP contribution in [0.2, 0.25) is 0 Å². The van der Waals surface area contributed by atoms with Crippen LogP contribution < -0.4 is 5.32 Å². The van der Waals surface area contributed by atoms with Gasteiger partial charge in [-0.2, -0.15) is 0 Å². The molecule has 0 aliphatic heterocycles. The summed E-state index contributed by atoms with van der Waals surface area (Å²) in [4.78, 5) is 14.6. The summed E-state index contributed by atoms with van der Waals surface area (Å²) in [6.45, 7) is 2.60. The van der Waals surface area contributed by atoms with Crippen molar-refractivity contribution in [3.8, 4) is 0 Å². The molecule has 0 aliphatic carbocycles. The molecule has 0 aliphatic rings.